The Morgan fingerprint density at radius 2 is 2.17 bits per heavy atom. The molecule has 0 amide bonds. The molecule has 1 aliphatic heterocycles. The summed E-state index contributed by atoms with van der Waals surface area (Å²) in [6, 6.07) is 0. The van der Waals surface area contributed by atoms with Crippen LogP contribution in [0.1, 0.15) is 19.8 Å². The predicted molar refractivity (Wildman–Crippen MR) is 45.0 cm³/mol. The first-order valence-electron chi connectivity index (χ1n) is 4.03. The first-order chi connectivity index (χ1) is 5.76. The van der Waals surface area contributed by atoms with Gasteiger partial charge in [-0.3, -0.25) is 0 Å². The van der Waals surface area contributed by atoms with Crippen LogP contribution >= 0.6 is 0 Å². The molecule has 0 aliphatic carbocycles. The van der Waals surface area contributed by atoms with E-state index in [0.29, 0.717) is 6.42 Å². The fourth-order valence-electron chi connectivity index (χ4n) is 1.31. The molecule has 0 bridgehead atoms. The van der Waals surface area contributed by atoms with E-state index in [1.54, 1.807) is 14.2 Å². The molecule has 0 saturated carbocycles. The molecular weight excluding hydrogens is 158 g/mol. The SMILES string of the molecule is CO/N=C1/CC(OC)O[C@H](C)C1. The van der Waals surface area contributed by atoms with Crippen molar-refractivity contribution in [2.24, 2.45) is 5.16 Å². The van der Waals surface area contributed by atoms with Crippen molar-refractivity contribution < 1.29 is 14.3 Å². The molecule has 70 valence electrons. The van der Waals surface area contributed by atoms with Gasteiger partial charge >= 0.3 is 0 Å². The number of methoxy groups -OCH3 is 1. The van der Waals surface area contributed by atoms with Crippen LogP contribution in [0.25, 0.3) is 0 Å². The van der Waals surface area contributed by atoms with Crippen LogP contribution in [0.4, 0.5) is 0 Å². The lowest BCUT2D eigenvalue weighted by Gasteiger charge is -2.27. The Balaban J connectivity index is 2.51. The summed E-state index contributed by atoms with van der Waals surface area (Å²) < 4.78 is 10.5. The standard InChI is InChI=1S/C8H15NO3/c1-6-4-7(9-11-3)5-8(10-2)12-6/h6,8H,4-5H2,1-3H3/b9-7+/t6-,8?/m1/s1. The summed E-state index contributed by atoms with van der Waals surface area (Å²) in [4.78, 5) is 4.70. The van der Waals surface area contributed by atoms with E-state index in [2.05, 4.69) is 5.16 Å². The Morgan fingerprint density at radius 3 is 2.75 bits per heavy atom. The summed E-state index contributed by atoms with van der Waals surface area (Å²) in [7, 11) is 3.18. The molecule has 12 heavy (non-hydrogen) atoms. The highest BCUT2D eigenvalue weighted by Gasteiger charge is 2.23. The zero-order valence-corrected chi connectivity index (χ0v) is 7.74. The van der Waals surface area contributed by atoms with E-state index >= 15 is 0 Å². The van der Waals surface area contributed by atoms with Crippen molar-refractivity contribution in [3.8, 4) is 0 Å². The van der Waals surface area contributed by atoms with Gasteiger partial charge in [0, 0.05) is 20.0 Å². The largest absolute Gasteiger partial charge is 0.399 e. The minimum Gasteiger partial charge on any atom is -0.399 e. The van der Waals surface area contributed by atoms with Crippen LogP contribution in [0.5, 0.6) is 0 Å². The Kier molecular flexibility index (Phi) is 3.49. The van der Waals surface area contributed by atoms with E-state index in [1.807, 2.05) is 6.92 Å². The van der Waals surface area contributed by atoms with Gasteiger partial charge in [-0.05, 0) is 6.92 Å². The fraction of sp³-hybridized carbons (Fsp3) is 0.875. The highest BCUT2D eigenvalue weighted by molar-refractivity contribution is 5.85. The van der Waals surface area contributed by atoms with Crippen molar-refractivity contribution in [3.63, 3.8) is 0 Å². The molecule has 0 radical (unpaired) electrons. The first kappa shape index (κ1) is 9.48. The molecule has 1 saturated heterocycles. The van der Waals surface area contributed by atoms with Crippen molar-refractivity contribution in [1.29, 1.82) is 0 Å². The lowest BCUT2D eigenvalue weighted by molar-refractivity contribution is -0.153. The van der Waals surface area contributed by atoms with Crippen molar-refractivity contribution in [2.75, 3.05) is 14.2 Å². The van der Waals surface area contributed by atoms with Gasteiger partial charge in [-0.1, -0.05) is 5.16 Å². The molecule has 1 rings (SSSR count). The van der Waals surface area contributed by atoms with E-state index < -0.39 is 0 Å². The molecule has 0 aromatic carbocycles. The minimum atomic E-state index is -0.164. The van der Waals surface area contributed by atoms with E-state index in [1.165, 1.54) is 0 Å². The molecule has 0 N–H and O–H groups in total. The van der Waals surface area contributed by atoms with Gasteiger partial charge in [0.25, 0.3) is 0 Å². The third kappa shape index (κ3) is 2.46. The quantitative estimate of drug-likeness (QED) is 0.588. The number of oxime groups is 1. The zero-order chi connectivity index (χ0) is 8.97. The van der Waals surface area contributed by atoms with Gasteiger partial charge in [0.15, 0.2) is 6.29 Å². The fourth-order valence-corrected chi connectivity index (χ4v) is 1.31. The molecule has 2 atom stereocenters. The monoisotopic (exact) mass is 173 g/mol. The van der Waals surface area contributed by atoms with E-state index in [-0.39, 0.29) is 12.4 Å². The molecule has 0 aromatic heterocycles. The van der Waals surface area contributed by atoms with Gasteiger partial charge in [-0.25, -0.2) is 0 Å². The van der Waals surface area contributed by atoms with E-state index in [0.717, 1.165) is 12.1 Å². The normalized spacial score (nSPS) is 33.8. The molecule has 4 heteroatoms. The maximum Gasteiger partial charge on any atom is 0.162 e. The summed E-state index contributed by atoms with van der Waals surface area (Å²) >= 11 is 0. The molecule has 0 spiro atoms. The number of rotatable bonds is 2. The zero-order valence-electron chi connectivity index (χ0n) is 7.74. The molecular formula is C8H15NO3. The lowest BCUT2D eigenvalue weighted by Crippen LogP contribution is -2.32. The van der Waals surface area contributed by atoms with Gasteiger partial charge in [0.2, 0.25) is 0 Å². The number of hydrogen-bond donors (Lipinski definition) is 0. The number of hydrogen-bond acceptors (Lipinski definition) is 4. The summed E-state index contributed by atoms with van der Waals surface area (Å²) in [6.45, 7) is 2.00. The second kappa shape index (κ2) is 4.42. The lowest BCUT2D eigenvalue weighted by atomic mass is 10.1. The Bertz CT molecular complexity index is 170. The maximum atomic E-state index is 5.45. The van der Waals surface area contributed by atoms with E-state index in [4.69, 9.17) is 14.3 Å². The second-order valence-corrected chi connectivity index (χ2v) is 2.86. The topological polar surface area (TPSA) is 40.0 Å². The summed E-state index contributed by atoms with van der Waals surface area (Å²) in [5.41, 5.74) is 1.00. The van der Waals surface area contributed by atoms with Crippen LogP contribution in [-0.4, -0.2) is 32.3 Å². The highest BCUT2D eigenvalue weighted by atomic mass is 16.7. The molecule has 1 aliphatic rings. The van der Waals surface area contributed by atoms with Gasteiger partial charge in [0.1, 0.15) is 7.11 Å². The van der Waals surface area contributed by atoms with Crippen molar-refractivity contribution >= 4 is 5.71 Å². The van der Waals surface area contributed by atoms with Crippen molar-refractivity contribution in [2.45, 2.75) is 32.2 Å². The average molecular weight is 173 g/mol. The Hall–Kier alpha value is -0.610. The predicted octanol–water partition coefficient (Wildman–Crippen LogP) is 1.16. The van der Waals surface area contributed by atoms with Crippen molar-refractivity contribution in [3.05, 3.63) is 0 Å². The van der Waals surface area contributed by atoms with Crippen LogP contribution in [-0.2, 0) is 14.3 Å². The Labute approximate surface area is 72.5 Å². The molecule has 1 fully saturated rings. The molecule has 0 aromatic rings. The first-order valence-corrected chi connectivity index (χ1v) is 4.03. The minimum absolute atomic E-state index is 0.164. The third-order valence-electron chi connectivity index (χ3n) is 1.79. The molecule has 1 unspecified atom stereocenters. The second-order valence-electron chi connectivity index (χ2n) is 2.86. The summed E-state index contributed by atoms with van der Waals surface area (Å²) in [5, 5.41) is 3.89. The average Bonchev–Trinajstić information content (AvgIpc) is 2.04. The third-order valence-corrected chi connectivity index (χ3v) is 1.79. The van der Waals surface area contributed by atoms with Crippen molar-refractivity contribution in [1.82, 2.24) is 0 Å². The molecule has 4 nitrogen and oxygen atoms in total. The van der Waals surface area contributed by atoms with Crippen LogP contribution in [0.3, 0.4) is 0 Å². The van der Waals surface area contributed by atoms with Gasteiger partial charge < -0.3 is 14.3 Å². The van der Waals surface area contributed by atoms with Crippen LogP contribution < -0.4 is 0 Å². The highest BCUT2D eigenvalue weighted by Crippen LogP contribution is 2.17. The van der Waals surface area contributed by atoms with Gasteiger partial charge in [0.05, 0.1) is 11.8 Å². The van der Waals surface area contributed by atoms with E-state index in [9.17, 15) is 0 Å². The van der Waals surface area contributed by atoms with Crippen LogP contribution in [0, 0.1) is 0 Å². The molecule has 1 heterocycles. The number of nitrogens with zero attached hydrogens (tertiary/aromatic N) is 1. The summed E-state index contributed by atoms with van der Waals surface area (Å²) in [6.07, 6.45) is 1.53. The summed E-state index contributed by atoms with van der Waals surface area (Å²) in [5.74, 6) is 0. The van der Waals surface area contributed by atoms with Crippen LogP contribution in [0.2, 0.25) is 0 Å². The van der Waals surface area contributed by atoms with Crippen LogP contribution in [0.15, 0.2) is 5.16 Å². The number of ether oxygens (including phenoxy) is 2. The van der Waals surface area contributed by atoms with Gasteiger partial charge in [-0.15, -0.1) is 0 Å². The smallest absolute Gasteiger partial charge is 0.162 e. The Morgan fingerprint density at radius 1 is 1.42 bits per heavy atom. The maximum absolute atomic E-state index is 5.45. The van der Waals surface area contributed by atoms with Gasteiger partial charge in [-0.2, -0.15) is 0 Å².